The number of aryl methyl sites for hydroxylation is 1. The zero-order chi connectivity index (χ0) is 9.26. The molecule has 2 rings (SSSR count). The summed E-state index contributed by atoms with van der Waals surface area (Å²) in [7, 11) is 0. The number of aromatic hydroxyl groups is 1. The van der Waals surface area contributed by atoms with Gasteiger partial charge in [-0.15, -0.1) is 0 Å². The van der Waals surface area contributed by atoms with E-state index in [4.69, 9.17) is 0 Å². The highest BCUT2D eigenvalue weighted by Crippen LogP contribution is 2.16. The maximum absolute atomic E-state index is 9.32. The number of rotatable bonds is 1. The molecule has 3 heteroatoms. The van der Waals surface area contributed by atoms with Gasteiger partial charge in [0.2, 0.25) is 0 Å². The van der Waals surface area contributed by atoms with Crippen molar-refractivity contribution in [2.24, 2.45) is 0 Å². The average molecular weight is 174 g/mol. The molecule has 0 saturated carbocycles. The van der Waals surface area contributed by atoms with E-state index in [1.807, 2.05) is 30.3 Å². The van der Waals surface area contributed by atoms with Crippen molar-refractivity contribution in [2.45, 2.75) is 6.92 Å². The van der Waals surface area contributed by atoms with Crippen molar-refractivity contribution in [1.82, 2.24) is 9.78 Å². The van der Waals surface area contributed by atoms with Gasteiger partial charge in [-0.3, -0.25) is 0 Å². The van der Waals surface area contributed by atoms with Crippen molar-refractivity contribution in [3.63, 3.8) is 0 Å². The van der Waals surface area contributed by atoms with Crippen LogP contribution in [0.2, 0.25) is 0 Å². The van der Waals surface area contributed by atoms with Crippen molar-refractivity contribution in [2.75, 3.05) is 0 Å². The van der Waals surface area contributed by atoms with Crippen molar-refractivity contribution in [3.8, 4) is 11.4 Å². The fraction of sp³-hybridized carbons (Fsp3) is 0.100. The summed E-state index contributed by atoms with van der Waals surface area (Å²) in [5.41, 5.74) is 1.59. The van der Waals surface area contributed by atoms with E-state index in [9.17, 15) is 5.11 Å². The van der Waals surface area contributed by atoms with E-state index in [-0.39, 0.29) is 5.75 Å². The number of para-hydroxylation sites is 1. The summed E-state index contributed by atoms with van der Waals surface area (Å²) in [6.45, 7) is 1.77. The van der Waals surface area contributed by atoms with Crippen molar-refractivity contribution >= 4 is 0 Å². The van der Waals surface area contributed by atoms with Gasteiger partial charge in [0, 0.05) is 0 Å². The SMILES string of the molecule is Cc1nn(-c2ccccc2)cc1O. The van der Waals surface area contributed by atoms with Crippen LogP contribution in [0.5, 0.6) is 5.75 Å². The molecule has 66 valence electrons. The van der Waals surface area contributed by atoms with Gasteiger partial charge in [0.05, 0.1) is 11.9 Å². The Morgan fingerprint density at radius 2 is 1.92 bits per heavy atom. The second kappa shape index (κ2) is 2.94. The molecule has 0 saturated heterocycles. The molecule has 13 heavy (non-hydrogen) atoms. The van der Waals surface area contributed by atoms with Crippen LogP contribution in [0.1, 0.15) is 5.69 Å². The summed E-state index contributed by atoms with van der Waals surface area (Å²) < 4.78 is 1.66. The lowest BCUT2D eigenvalue weighted by molar-refractivity contribution is 0.471. The Balaban J connectivity index is 2.48. The van der Waals surface area contributed by atoms with Crippen molar-refractivity contribution in [1.29, 1.82) is 0 Å². The quantitative estimate of drug-likeness (QED) is 0.716. The third-order valence-corrected chi connectivity index (χ3v) is 1.89. The highest BCUT2D eigenvalue weighted by Gasteiger charge is 2.02. The first kappa shape index (κ1) is 7.86. The van der Waals surface area contributed by atoms with Crippen LogP contribution in [0.25, 0.3) is 5.69 Å². The molecule has 0 atom stereocenters. The standard InChI is InChI=1S/C10H10N2O/c1-8-10(13)7-12(11-8)9-5-3-2-4-6-9/h2-7,13H,1H3. The average Bonchev–Trinajstić information content (AvgIpc) is 2.49. The van der Waals surface area contributed by atoms with Gasteiger partial charge in [-0.1, -0.05) is 18.2 Å². The molecule has 2 aromatic rings. The minimum atomic E-state index is 0.226. The Morgan fingerprint density at radius 3 is 2.46 bits per heavy atom. The predicted octanol–water partition coefficient (Wildman–Crippen LogP) is 1.89. The molecule has 1 N–H and O–H groups in total. The van der Waals surface area contributed by atoms with E-state index in [2.05, 4.69) is 5.10 Å². The molecule has 0 fully saturated rings. The summed E-state index contributed by atoms with van der Waals surface area (Å²) >= 11 is 0. The fourth-order valence-corrected chi connectivity index (χ4v) is 1.16. The van der Waals surface area contributed by atoms with Gasteiger partial charge in [0.1, 0.15) is 5.69 Å². The topological polar surface area (TPSA) is 38.0 Å². The molecule has 0 aliphatic carbocycles. The Bertz CT molecular complexity index is 387. The summed E-state index contributed by atoms with van der Waals surface area (Å²) in [5, 5.41) is 13.5. The van der Waals surface area contributed by atoms with Crippen molar-refractivity contribution in [3.05, 3.63) is 42.2 Å². The summed E-state index contributed by atoms with van der Waals surface area (Å²) in [4.78, 5) is 0. The second-order valence-corrected chi connectivity index (χ2v) is 2.88. The minimum absolute atomic E-state index is 0.226. The molecule has 1 aromatic carbocycles. The molecular weight excluding hydrogens is 164 g/mol. The van der Waals surface area contributed by atoms with Crippen LogP contribution in [0.3, 0.4) is 0 Å². The number of hydrogen-bond acceptors (Lipinski definition) is 2. The van der Waals surface area contributed by atoms with Crippen molar-refractivity contribution < 1.29 is 5.11 Å². The Kier molecular flexibility index (Phi) is 1.77. The first-order chi connectivity index (χ1) is 6.27. The molecule has 0 spiro atoms. The van der Waals surface area contributed by atoms with Gasteiger partial charge >= 0.3 is 0 Å². The van der Waals surface area contributed by atoms with Crippen LogP contribution in [0, 0.1) is 6.92 Å². The molecule has 3 nitrogen and oxygen atoms in total. The number of benzene rings is 1. The van der Waals surface area contributed by atoms with E-state index in [0.717, 1.165) is 5.69 Å². The van der Waals surface area contributed by atoms with Crippen LogP contribution < -0.4 is 0 Å². The molecule has 0 unspecified atom stereocenters. The minimum Gasteiger partial charge on any atom is -0.504 e. The van der Waals surface area contributed by atoms with E-state index < -0.39 is 0 Å². The lowest BCUT2D eigenvalue weighted by Crippen LogP contribution is -1.93. The molecule has 0 aliphatic rings. The highest BCUT2D eigenvalue weighted by atomic mass is 16.3. The van der Waals surface area contributed by atoms with Crippen LogP contribution in [-0.4, -0.2) is 14.9 Å². The fourth-order valence-electron chi connectivity index (χ4n) is 1.16. The third-order valence-electron chi connectivity index (χ3n) is 1.89. The third kappa shape index (κ3) is 1.40. The normalized spacial score (nSPS) is 10.2. The Morgan fingerprint density at radius 1 is 1.23 bits per heavy atom. The monoisotopic (exact) mass is 174 g/mol. The van der Waals surface area contributed by atoms with Gasteiger partial charge in [-0.05, 0) is 19.1 Å². The summed E-state index contributed by atoms with van der Waals surface area (Å²) in [5.74, 6) is 0.226. The molecule has 1 aromatic heterocycles. The van der Waals surface area contributed by atoms with Crippen LogP contribution in [0.4, 0.5) is 0 Å². The molecule has 0 radical (unpaired) electrons. The molecule has 0 bridgehead atoms. The zero-order valence-corrected chi connectivity index (χ0v) is 7.31. The summed E-state index contributed by atoms with van der Waals surface area (Å²) in [6, 6.07) is 9.68. The lowest BCUT2D eigenvalue weighted by Gasteiger charge is -1.98. The van der Waals surface area contributed by atoms with E-state index in [1.165, 1.54) is 0 Å². The number of aromatic nitrogens is 2. The largest absolute Gasteiger partial charge is 0.504 e. The molecular formula is C10H10N2O. The van der Waals surface area contributed by atoms with Crippen LogP contribution in [-0.2, 0) is 0 Å². The van der Waals surface area contributed by atoms with Gasteiger partial charge in [0.15, 0.2) is 5.75 Å². The maximum Gasteiger partial charge on any atom is 0.156 e. The maximum atomic E-state index is 9.32. The number of nitrogens with zero attached hydrogens (tertiary/aromatic N) is 2. The molecule has 0 aliphatic heterocycles. The smallest absolute Gasteiger partial charge is 0.156 e. The Labute approximate surface area is 76.3 Å². The van der Waals surface area contributed by atoms with Gasteiger partial charge in [-0.25, -0.2) is 4.68 Å². The van der Waals surface area contributed by atoms with Crippen LogP contribution >= 0.6 is 0 Å². The van der Waals surface area contributed by atoms with Crippen LogP contribution in [0.15, 0.2) is 36.5 Å². The molecule has 1 heterocycles. The summed E-state index contributed by atoms with van der Waals surface area (Å²) in [6.07, 6.45) is 1.60. The zero-order valence-electron chi connectivity index (χ0n) is 7.31. The van der Waals surface area contributed by atoms with E-state index in [1.54, 1.807) is 17.8 Å². The first-order valence-corrected chi connectivity index (χ1v) is 4.08. The van der Waals surface area contributed by atoms with E-state index >= 15 is 0 Å². The van der Waals surface area contributed by atoms with E-state index in [0.29, 0.717) is 5.69 Å². The second-order valence-electron chi connectivity index (χ2n) is 2.88. The number of hydrogen-bond donors (Lipinski definition) is 1. The predicted molar refractivity (Wildman–Crippen MR) is 50.0 cm³/mol. The Hall–Kier alpha value is -1.77. The molecule has 0 amide bonds. The first-order valence-electron chi connectivity index (χ1n) is 4.08. The van der Waals surface area contributed by atoms with Gasteiger partial charge in [-0.2, -0.15) is 5.10 Å². The van der Waals surface area contributed by atoms with Gasteiger partial charge < -0.3 is 5.11 Å². The highest BCUT2D eigenvalue weighted by molar-refractivity contribution is 5.33. The lowest BCUT2D eigenvalue weighted by atomic mass is 10.3. The van der Waals surface area contributed by atoms with Gasteiger partial charge in [0.25, 0.3) is 0 Å².